The van der Waals surface area contributed by atoms with Crippen LogP contribution in [0, 0.1) is 11.6 Å². The molecule has 11 heteroatoms. The third-order valence-electron chi connectivity index (χ3n) is 4.84. The first-order chi connectivity index (χ1) is 15.9. The molecule has 1 aliphatic heterocycles. The first-order valence-electron chi connectivity index (χ1n) is 9.94. The number of imidazole rings is 1. The van der Waals surface area contributed by atoms with Crippen LogP contribution < -0.4 is 20.9 Å². The molecule has 0 spiro atoms. The van der Waals surface area contributed by atoms with E-state index in [1.54, 1.807) is 31.3 Å². The summed E-state index contributed by atoms with van der Waals surface area (Å²) in [6.45, 7) is 2.36. The molecule has 170 valence electrons. The molecule has 0 fully saturated rings. The van der Waals surface area contributed by atoms with Crippen molar-refractivity contribution in [1.29, 1.82) is 0 Å². The molecule has 4 rings (SSSR count). The first kappa shape index (κ1) is 21.9. The molecule has 1 amide bonds. The van der Waals surface area contributed by atoms with Crippen LogP contribution in [-0.4, -0.2) is 40.3 Å². The number of hydrogen-bond donors (Lipinski definition) is 2. The fourth-order valence-corrected chi connectivity index (χ4v) is 3.21. The Morgan fingerprint density at radius 1 is 1.30 bits per heavy atom. The Morgan fingerprint density at radius 3 is 2.85 bits per heavy atom. The van der Waals surface area contributed by atoms with Gasteiger partial charge in [-0.1, -0.05) is 0 Å². The number of carbonyl (C=O) groups excluding carboxylic acids is 1. The third kappa shape index (κ3) is 4.66. The lowest BCUT2D eigenvalue weighted by atomic mass is 10.1. The zero-order valence-electron chi connectivity index (χ0n) is 17.5. The van der Waals surface area contributed by atoms with Gasteiger partial charge >= 0.3 is 0 Å². The predicted molar refractivity (Wildman–Crippen MR) is 118 cm³/mol. The normalized spacial score (nSPS) is 14.2. The number of halogens is 2. The number of benzene rings is 2. The number of carbonyl (C=O) groups is 1. The van der Waals surface area contributed by atoms with Gasteiger partial charge in [-0.3, -0.25) is 4.79 Å². The second-order valence-corrected chi connectivity index (χ2v) is 7.12. The lowest BCUT2D eigenvalue weighted by molar-refractivity contribution is -0.123. The Morgan fingerprint density at radius 2 is 2.12 bits per heavy atom. The maximum absolute atomic E-state index is 14.1. The summed E-state index contributed by atoms with van der Waals surface area (Å²) in [5.74, 6) is -0.595. The molecule has 1 aliphatic rings. The molecule has 4 N–H and O–H groups in total. The largest absolute Gasteiger partial charge is 0.491 e. The number of nitrogens with zero attached hydrogens (tertiary/aromatic N) is 4. The van der Waals surface area contributed by atoms with Crippen LogP contribution in [0.4, 0.5) is 14.5 Å². The minimum atomic E-state index is -0.836. The summed E-state index contributed by atoms with van der Waals surface area (Å²) in [5, 5.41) is 0. The maximum atomic E-state index is 14.1. The zero-order chi connectivity index (χ0) is 23.5. The Kier molecular flexibility index (Phi) is 6.03. The molecule has 9 nitrogen and oxygen atoms in total. The van der Waals surface area contributed by atoms with E-state index in [2.05, 4.69) is 15.0 Å². The molecule has 0 unspecified atom stereocenters. The minimum absolute atomic E-state index is 0.0567. The van der Waals surface area contributed by atoms with E-state index in [1.165, 1.54) is 6.07 Å². The molecule has 0 radical (unpaired) electrons. The molecule has 0 saturated carbocycles. The van der Waals surface area contributed by atoms with Crippen molar-refractivity contribution in [2.24, 2.45) is 21.5 Å². The number of hydrogen-bond acceptors (Lipinski definition) is 5. The summed E-state index contributed by atoms with van der Waals surface area (Å²) < 4.78 is 40.5. The van der Waals surface area contributed by atoms with Crippen molar-refractivity contribution in [3.63, 3.8) is 0 Å². The highest BCUT2D eigenvalue weighted by Gasteiger charge is 2.22. The van der Waals surface area contributed by atoms with E-state index in [9.17, 15) is 13.6 Å². The molecule has 0 saturated heterocycles. The quantitative estimate of drug-likeness (QED) is 0.452. The van der Waals surface area contributed by atoms with Crippen molar-refractivity contribution < 1.29 is 23.0 Å². The number of rotatable bonds is 5. The number of amides is 1. The molecule has 2 heterocycles. The van der Waals surface area contributed by atoms with Crippen LogP contribution in [0.5, 0.6) is 11.5 Å². The van der Waals surface area contributed by atoms with Crippen LogP contribution in [-0.2, 0) is 11.3 Å². The van der Waals surface area contributed by atoms with Gasteiger partial charge in [0.05, 0.1) is 18.4 Å². The molecule has 33 heavy (non-hydrogen) atoms. The fourth-order valence-electron chi connectivity index (χ4n) is 3.21. The van der Waals surface area contributed by atoms with Gasteiger partial charge in [0.15, 0.2) is 17.8 Å². The number of fused-ring (bicyclic) bond motifs is 3. The van der Waals surface area contributed by atoms with E-state index in [4.69, 9.17) is 20.9 Å². The van der Waals surface area contributed by atoms with Gasteiger partial charge in [-0.05, 0) is 31.2 Å². The van der Waals surface area contributed by atoms with Crippen LogP contribution in [0.3, 0.4) is 0 Å². The molecule has 2 aromatic carbocycles. The average molecular weight is 454 g/mol. The maximum Gasteiger partial charge on any atom is 0.258 e. The molecule has 1 aromatic heterocycles. The number of nitrogens with two attached hydrogens (primary N) is 2. The highest BCUT2D eigenvalue weighted by Crippen LogP contribution is 2.35. The lowest BCUT2D eigenvalue weighted by Crippen LogP contribution is -2.30. The zero-order valence-corrected chi connectivity index (χ0v) is 17.5. The predicted octanol–water partition coefficient (Wildman–Crippen LogP) is 2.54. The van der Waals surface area contributed by atoms with Crippen molar-refractivity contribution in [3.8, 4) is 22.9 Å². The van der Waals surface area contributed by atoms with Gasteiger partial charge in [0.25, 0.3) is 5.91 Å². The van der Waals surface area contributed by atoms with Gasteiger partial charge in [0.2, 0.25) is 0 Å². The number of aromatic nitrogens is 2. The molecule has 3 aromatic rings. The van der Waals surface area contributed by atoms with E-state index in [1.807, 2.05) is 4.57 Å². The van der Waals surface area contributed by atoms with Gasteiger partial charge < -0.3 is 25.5 Å². The average Bonchev–Trinajstić information content (AvgIpc) is 3.11. The number of ether oxygens (including phenoxy) is 2. The van der Waals surface area contributed by atoms with Gasteiger partial charge in [-0.15, -0.1) is 0 Å². The van der Waals surface area contributed by atoms with E-state index >= 15 is 0 Å². The van der Waals surface area contributed by atoms with Crippen LogP contribution in [0.15, 0.2) is 52.6 Å². The highest BCUT2D eigenvalue weighted by atomic mass is 19.1. The molecular weight excluding hydrogens is 434 g/mol. The fraction of sp³-hybridized carbons (Fsp3) is 0.182. The number of aliphatic imine (C=N–C) groups is 2. The standard InChI is InChI=1S/C22H20F2N6O3/c1-12(20(26)31)33-14-3-4-15-19(9-14)32-7-6-30-10-18(29-22(15)30)21(27-11-25)28-17-5-2-13(23)8-16(17)24/h2-5,8-12H,6-7H2,1H3,(H2,26,31)(H2,25,27,28)/t12-/m0/s1. The van der Waals surface area contributed by atoms with E-state index < -0.39 is 23.6 Å². The third-order valence-corrected chi connectivity index (χ3v) is 4.84. The summed E-state index contributed by atoms with van der Waals surface area (Å²) >= 11 is 0. The summed E-state index contributed by atoms with van der Waals surface area (Å²) in [7, 11) is 0. The van der Waals surface area contributed by atoms with Crippen LogP contribution in [0.25, 0.3) is 11.4 Å². The van der Waals surface area contributed by atoms with Crippen molar-refractivity contribution in [2.45, 2.75) is 19.6 Å². The van der Waals surface area contributed by atoms with Crippen molar-refractivity contribution in [2.75, 3.05) is 6.61 Å². The van der Waals surface area contributed by atoms with Crippen LogP contribution in [0.2, 0.25) is 0 Å². The Balaban J connectivity index is 1.73. The summed E-state index contributed by atoms with van der Waals surface area (Å²) in [5.41, 5.74) is 11.6. The SMILES string of the molecule is C[C@H](Oc1ccc2c(c1)OCCn1cc(C(N=CN)=Nc3ccc(F)cc3F)nc1-2)C(N)=O. The lowest BCUT2D eigenvalue weighted by Gasteiger charge is -2.13. The number of primary amides is 1. The summed E-state index contributed by atoms with van der Waals surface area (Å²) in [6, 6.07) is 8.11. The number of amidine groups is 1. The van der Waals surface area contributed by atoms with Crippen molar-refractivity contribution in [1.82, 2.24) is 9.55 Å². The Labute approximate surface area is 187 Å². The van der Waals surface area contributed by atoms with Gasteiger partial charge in [0.1, 0.15) is 41.1 Å². The van der Waals surface area contributed by atoms with Gasteiger partial charge in [-0.25, -0.2) is 23.7 Å². The summed E-state index contributed by atoms with van der Waals surface area (Å²) in [4.78, 5) is 24.1. The van der Waals surface area contributed by atoms with E-state index in [0.717, 1.165) is 18.5 Å². The van der Waals surface area contributed by atoms with Crippen LogP contribution >= 0.6 is 0 Å². The smallest absolute Gasteiger partial charge is 0.258 e. The Bertz CT molecular complexity index is 1270. The van der Waals surface area contributed by atoms with Crippen molar-refractivity contribution in [3.05, 3.63) is 59.9 Å². The highest BCUT2D eigenvalue weighted by molar-refractivity contribution is 6.03. The Hall–Kier alpha value is -4.28. The second kappa shape index (κ2) is 9.07. The summed E-state index contributed by atoms with van der Waals surface area (Å²) in [6.07, 6.45) is 1.91. The topological polar surface area (TPSA) is 130 Å². The first-order valence-corrected chi connectivity index (χ1v) is 9.94. The minimum Gasteiger partial charge on any atom is -0.491 e. The van der Waals surface area contributed by atoms with Gasteiger partial charge in [-0.2, -0.15) is 0 Å². The second-order valence-electron chi connectivity index (χ2n) is 7.12. The monoisotopic (exact) mass is 454 g/mol. The van der Waals surface area contributed by atoms with Gasteiger partial charge in [0, 0.05) is 18.3 Å². The molecule has 1 atom stereocenters. The van der Waals surface area contributed by atoms with Crippen LogP contribution in [0.1, 0.15) is 12.6 Å². The van der Waals surface area contributed by atoms with E-state index in [0.29, 0.717) is 41.7 Å². The van der Waals surface area contributed by atoms with Crippen molar-refractivity contribution >= 4 is 23.8 Å². The molecular formula is C22H20F2N6O3. The van der Waals surface area contributed by atoms with E-state index in [-0.39, 0.29) is 11.5 Å². The molecule has 0 aliphatic carbocycles. The molecule has 0 bridgehead atoms.